The Morgan fingerprint density at radius 2 is 1.76 bits per heavy atom. The Kier molecular flexibility index (Phi) is 6.31. The minimum absolute atomic E-state index is 0.00830. The second-order valence-corrected chi connectivity index (χ2v) is 11.3. The van der Waals surface area contributed by atoms with Crippen molar-refractivity contribution in [3.8, 4) is 0 Å². The van der Waals surface area contributed by atoms with E-state index in [2.05, 4.69) is 6.08 Å². The number of benzene rings is 2. The highest BCUT2D eigenvalue weighted by atomic mass is 32.2. The SMILES string of the molecule is O=C1c2ccccc2S(=O)(=O)N1CCSc1nc2ccccc2c(=O)n1CCC1=CCCCC1. The zero-order valence-corrected chi connectivity index (χ0v) is 20.3. The van der Waals surface area contributed by atoms with Gasteiger partial charge >= 0.3 is 0 Å². The topological polar surface area (TPSA) is 89.3 Å². The van der Waals surface area contributed by atoms with Gasteiger partial charge in [-0.05, 0) is 56.4 Å². The van der Waals surface area contributed by atoms with E-state index in [4.69, 9.17) is 4.98 Å². The number of rotatable bonds is 7. The monoisotopic (exact) mass is 495 g/mol. The number of allylic oxidation sites excluding steroid dienone is 2. The van der Waals surface area contributed by atoms with Gasteiger partial charge in [-0.25, -0.2) is 17.7 Å². The fraction of sp³-hybridized carbons (Fsp3) is 0.320. The third-order valence-corrected chi connectivity index (χ3v) is 9.10. The number of nitrogens with zero attached hydrogens (tertiary/aromatic N) is 3. The number of sulfonamides is 1. The summed E-state index contributed by atoms with van der Waals surface area (Å²) in [6.45, 7) is 0.533. The molecule has 2 aliphatic rings. The second-order valence-electron chi connectivity index (χ2n) is 8.45. The summed E-state index contributed by atoms with van der Waals surface area (Å²) in [5.41, 5.74) is 2.09. The molecule has 0 saturated carbocycles. The van der Waals surface area contributed by atoms with E-state index in [-0.39, 0.29) is 22.6 Å². The van der Waals surface area contributed by atoms with Gasteiger partial charge < -0.3 is 0 Å². The van der Waals surface area contributed by atoms with E-state index >= 15 is 0 Å². The van der Waals surface area contributed by atoms with Gasteiger partial charge in [0.1, 0.15) is 4.90 Å². The molecule has 7 nitrogen and oxygen atoms in total. The molecule has 0 atom stereocenters. The second kappa shape index (κ2) is 9.38. The number of thioether (sulfide) groups is 1. The Labute approximate surface area is 202 Å². The van der Waals surface area contributed by atoms with Crippen LogP contribution in [-0.2, 0) is 16.6 Å². The molecule has 2 heterocycles. The van der Waals surface area contributed by atoms with Crippen LogP contribution in [0.4, 0.5) is 0 Å². The highest BCUT2D eigenvalue weighted by molar-refractivity contribution is 7.99. The standard InChI is InChI=1S/C25H25N3O4S2/c29-23-19-10-4-6-12-21(19)26-25(27(23)15-14-18-8-2-1-3-9-18)33-17-16-28-24(30)20-11-5-7-13-22(20)34(28,31)32/h4-8,10-13H,1-3,9,14-17H2. The van der Waals surface area contributed by atoms with Gasteiger partial charge in [0.15, 0.2) is 5.16 Å². The number of hydrogen-bond donors (Lipinski definition) is 0. The zero-order chi connectivity index (χ0) is 23.7. The van der Waals surface area contributed by atoms with Crippen LogP contribution >= 0.6 is 11.8 Å². The Hall–Kier alpha value is -2.91. The van der Waals surface area contributed by atoms with Crippen molar-refractivity contribution in [2.45, 2.75) is 48.7 Å². The highest BCUT2D eigenvalue weighted by Crippen LogP contribution is 2.30. The van der Waals surface area contributed by atoms with Crippen LogP contribution in [0.3, 0.4) is 0 Å². The van der Waals surface area contributed by atoms with Crippen molar-refractivity contribution < 1.29 is 13.2 Å². The first-order valence-electron chi connectivity index (χ1n) is 11.4. The maximum absolute atomic E-state index is 13.3. The summed E-state index contributed by atoms with van der Waals surface area (Å²) in [5.74, 6) is -0.212. The summed E-state index contributed by atoms with van der Waals surface area (Å²) in [6.07, 6.45) is 7.61. The molecule has 0 unspecified atom stereocenters. The van der Waals surface area contributed by atoms with Crippen LogP contribution in [0.25, 0.3) is 10.9 Å². The van der Waals surface area contributed by atoms with E-state index in [1.54, 1.807) is 28.8 Å². The quantitative estimate of drug-likeness (QED) is 0.277. The number of aromatic nitrogens is 2. The maximum atomic E-state index is 13.3. The van der Waals surface area contributed by atoms with Gasteiger partial charge in [-0.1, -0.05) is 47.7 Å². The lowest BCUT2D eigenvalue weighted by molar-refractivity contribution is 0.0876. The van der Waals surface area contributed by atoms with Gasteiger partial charge in [0.05, 0.1) is 16.5 Å². The predicted molar refractivity (Wildman–Crippen MR) is 133 cm³/mol. The molecule has 34 heavy (non-hydrogen) atoms. The van der Waals surface area contributed by atoms with E-state index in [1.807, 2.05) is 12.1 Å². The van der Waals surface area contributed by atoms with Crippen LogP contribution < -0.4 is 5.56 Å². The van der Waals surface area contributed by atoms with E-state index in [0.29, 0.717) is 28.4 Å². The Morgan fingerprint density at radius 1 is 0.971 bits per heavy atom. The molecule has 1 aliphatic heterocycles. The third kappa shape index (κ3) is 4.18. The Bertz CT molecular complexity index is 1460. The molecule has 0 radical (unpaired) electrons. The highest BCUT2D eigenvalue weighted by Gasteiger charge is 2.40. The van der Waals surface area contributed by atoms with Gasteiger partial charge in [-0.3, -0.25) is 14.2 Å². The van der Waals surface area contributed by atoms with E-state index < -0.39 is 15.9 Å². The molecule has 1 aromatic heterocycles. The zero-order valence-electron chi connectivity index (χ0n) is 18.6. The Morgan fingerprint density at radius 3 is 2.56 bits per heavy atom. The first kappa shape index (κ1) is 22.9. The first-order chi connectivity index (χ1) is 16.5. The lowest BCUT2D eigenvalue weighted by Crippen LogP contribution is -2.32. The minimum atomic E-state index is -3.85. The predicted octanol–water partition coefficient (Wildman–Crippen LogP) is 4.22. The van der Waals surface area contributed by atoms with Gasteiger partial charge in [0, 0.05) is 18.8 Å². The molecular weight excluding hydrogens is 470 g/mol. The third-order valence-electron chi connectivity index (χ3n) is 6.31. The van der Waals surface area contributed by atoms with E-state index in [0.717, 1.165) is 23.6 Å². The molecule has 1 amide bonds. The summed E-state index contributed by atoms with van der Waals surface area (Å²) in [4.78, 5) is 30.7. The van der Waals surface area contributed by atoms with Crippen LogP contribution in [0.15, 0.2) is 75.0 Å². The van der Waals surface area contributed by atoms with Gasteiger partial charge in [0.2, 0.25) is 0 Å². The van der Waals surface area contributed by atoms with E-state index in [9.17, 15) is 18.0 Å². The molecule has 0 fully saturated rings. The van der Waals surface area contributed by atoms with Crippen molar-refractivity contribution >= 4 is 38.6 Å². The molecule has 0 N–H and O–H groups in total. The maximum Gasteiger partial charge on any atom is 0.269 e. The molecule has 1 aliphatic carbocycles. The number of carbonyl (C=O) groups is 1. The molecule has 3 aromatic rings. The number of amides is 1. The van der Waals surface area contributed by atoms with Crippen LogP contribution in [0.2, 0.25) is 0 Å². The van der Waals surface area contributed by atoms with Crippen LogP contribution in [-0.4, -0.2) is 40.5 Å². The normalized spacial score (nSPS) is 17.1. The number of hydrogen-bond acceptors (Lipinski definition) is 6. The van der Waals surface area contributed by atoms with Crippen LogP contribution in [0, 0.1) is 0 Å². The van der Waals surface area contributed by atoms with Crippen LogP contribution in [0.5, 0.6) is 0 Å². The summed E-state index contributed by atoms with van der Waals surface area (Å²) >= 11 is 1.31. The summed E-state index contributed by atoms with van der Waals surface area (Å²) in [5, 5.41) is 1.11. The smallest absolute Gasteiger partial charge is 0.269 e. The molecule has 9 heteroatoms. The minimum Gasteiger partial charge on any atom is -0.287 e. The fourth-order valence-electron chi connectivity index (χ4n) is 4.51. The van der Waals surface area contributed by atoms with Crippen molar-refractivity contribution in [1.82, 2.24) is 13.9 Å². The van der Waals surface area contributed by atoms with Gasteiger partial charge in [-0.15, -0.1) is 0 Å². The van der Waals surface area contributed by atoms with Crippen molar-refractivity contribution in [3.05, 3.63) is 76.1 Å². The average molecular weight is 496 g/mol. The molecule has 176 valence electrons. The molecule has 0 spiro atoms. The van der Waals surface area contributed by atoms with Gasteiger partial charge in [0.25, 0.3) is 21.5 Å². The number of para-hydroxylation sites is 1. The van der Waals surface area contributed by atoms with Crippen molar-refractivity contribution in [2.75, 3.05) is 12.3 Å². The summed E-state index contributed by atoms with van der Waals surface area (Å²) in [6, 6.07) is 13.5. The number of fused-ring (bicyclic) bond motifs is 2. The Balaban J connectivity index is 1.38. The lowest BCUT2D eigenvalue weighted by atomic mass is 9.97. The number of carbonyl (C=O) groups excluding carboxylic acids is 1. The molecular formula is C25H25N3O4S2. The molecule has 0 bridgehead atoms. The largest absolute Gasteiger partial charge is 0.287 e. The molecule has 0 saturated heterocycles. The van der Waals surface area contributed by atoms with Crippen molar-refractivity contribution in [3.63, 3.8) is 0 Å². The molecule has 5 rings (SSSR count). The van der Waals surface area contributed by atoms with Gasteiger partial charge in [-0.2, -0.15) is 0 Å². The fourth-order valence-corrected chi connectivity index (χ4v) is 7.15. The van der Waals surface area contributed by atoms with E-state index in [1.165, 1.54) is 42.3 Å². The van der Waals surface area contributed by atoms with Crippen LogP contribution in [0.1, 0.15) is 42.5 Å². The lowest BCUT2D eigenvalue weighted by Gasteiger charge is -2.17. The van der Waals surface area contributed by atoms with Crippen molar-refractivity contribution in [2.24, 2.45) is 0 Å². The first-order valence-corrected chi connectivity index (χ1v) is 13.9. The average Bonchev–Trinajstić information content (AvgIpc) is 3.05. The summed E-state index contributed by atoms with van der Waals surface area (Å²) in [7, 11) is -3.85. The molecule has 2 aromatic carbocycles. The van der Waals surface area contributed by atoms with Crippen molar-refractivity contribution in [1.29, 1.82) is 0 Å². The summed E-state index contributed by atoms with van der Waals surface area (Å²) < 4.78 is 28.3.